The summed E-state index contributed by atoms with van der Waals surface area (Å²) in [5.41, 5.74) is 5.10. The van der Waals surface area contributed by atoms with Gasteiger partial charge in [-0.15, -0.1) is 0 Å². The average Bonchev–Trinajstić information content (AvgIpc) is 1.80. The maximum Gasteiger partial charge on any atom is 0.0944 e. The van der Waals surface area contributed by atoms with Crippen molar-refractivity contribution in [2.75, 3.05) is 0 Å². The van der Waals surface area contributed by atoms with Crippen molar-refractivity contribution in [3.8, 4) is 0 Å². The first-order valence-electron chi connectivity index (χ1n) is 3.44. The predicted molar refractivity (Wildman–Crippen MR) is 40.4 cm³/mol. The molecule has 3 N–H and O–H groups in total. The Kier molecular flexibility index (Phi) is 5.27. The van der Waals surface area contributed by atoms with Gasteiger partial charge in [0.25, 0.3) is 0 Å². The molecule has 0 spiro atoms. The third-order valence-electron chi connectivity index (χ3n) is 1.17. The summed E-state index contributed by atoms with van der Waals surface area (Å²) in [6.45, 7) is 2.16. The summed E-state index contributed by atoms with van der Waals surface area (Å²) in [7, 11) is 0. The summed E-state index contributed by atoms with van der Waals surface area (Å²) in [5.74, 6) is 0.200. The van der Waals surface area contributed by atoms with E-state index in [1.54, 1.807) is 6.42 Å². The van der Waals surface area contributed by atoms with E-state index in [2.05, 4.69) is 6.92 Å². The molecule has 0 saturated heterocycles. The highest BCUT2D eigenvalue weighted by molar-refractivity contribution is 5.85. The number of rotatable bonds is 5. The highest BCUT2D eigenvalue weighted by Gasteiger charge is 1.89. The zero-order valence-corrected chi connectivity index (χ0v) is 5.98. The van der Waals surface area contributed by atoms with Gasteiger partial charge in [-0.25, -0.2) is 0 Å². The van der Waals surface area contributed by atoms with E-state index >= 15 is 0 Å². The van der Waals surface area contributed by atoms with Crippen molar-refractivity contribution in [3.05, 3.63) is 6.42 Å². The molecule has 0 aliphatic rings. The first-order valence-corrected chi connectivity index (χ1v) is 3.44. The number of hydrogen-bond donors (Lipinski definition) is 2. The Labute approximate surface area is 57.0 Å². The molecule has 0 atom stereocenters. The summed E-state index contributed by atoms with van der Waals surface area (Å²) in [4.78, 5) is 0. The molecular weight excluding hydrogens is 112 g/mol. The second kappa shape index (κ2) is 5.60. The molecule has 0 bridgehead atoms. The smallest absolute Gasteiger partial charge is 0.0944 e. The van der Waals surface area contributed by atoms with E-state index < -0.39 is 0 Å². The Bertz CT molecular complexity index is 79.0. The Morgan fingerprint density at radius 3 is 2.67 bits per heavy atom. The van der Waals surface area contributed by atoms with E-state index in [9.17, 15) is 0 Å². The maximum atomic E-state index is 6.85. The standard InChI is InChI=1S/C7H15N2/c1-2-3-4-5-6-7(8)9/h6H,2-5H2,1H3,(H3,8,9). The molecule has 53 valence electrons. The van der Waals surface area contributed by atoms with E-state index in [1.165, 1.54) is 12.8 Å². The fraction of sp³-hybridized carbons (Fsp3) is 0.714. The molecule has 0 unspecified atom stereocenters. The highest BCUT2D eigenvalue weighted by Crippen LogP contribution is 2.00. The molecule has 2 heteroatoms. The largest absolute Gasteiger partial charge is 0.387 e. The third kappa shape index (κ3) is 7.47. The fourth-order valence-corrected chi connectivity index (χ4v) is 0.652. The van der Waals surface area contributed by atoms with Gasteiger partial charge in [-0.2, -0.15) is 0 Å². The molecule has 0 aliphatic carbocycles. The quantitative estimate of drug-likeness (QED) is 0.329. The van der Waals surface area contributed by atoms with E-state index in [-0.39, 0.29) is 5.84 Å². The summed E-state index contributed by atoms with van der Waals surface area (Å²) in [6, 6.07) is 0. The van der Waals surface area contributed by atoms with Crippen molar-refractivity contribution in [3.63, 3.8) is 0 Å². The van der Waals surface area contributed by atoms with Crippen molar-refractivity contribution in [1.29, 1.82) is 5.41 Å². The first-order chi connectivity index (χ1) is 4.27. The molecule has 0 aromatic carbocycles. The van der Waals surface area contributed by atoms with Gasteiger partial charge in [0.15, 0.2) is 0 Å². The molecule has 0 saturated carbocycles. The van der Waals surface area contributed by atoms with Crippen molar-refractivity contribution in [2.45, 2.75) is 32.6 Å². The molecule has 0 aliphatic heterocycles. The molecule has 0 fully saturated rings. The van der Waals surface area contributed by atoms with Gasteiger partial charge in [0.05, 0.1) is 5.84 Å². The number of hydrogen-bond acceptors (Lipinski definition) is 1. The Hall–Kier alpha value is -0.530. The van der Waals surface area contributed by atoms with Crippen molar-refractivity contribution in [1.82, 2.24) is 0 Å². The number of nitrogens with one attached hydrogen (secondary N) is 1. The van der Waals surface area contributed by atoms with Gasteiger partial charge in [-0.1, -0.05) is 26.2 Å². The summed E-state index contributed by atoms with van der Waals surface area (Å²) < 4.78 is 0. The molecular formula is C7H15N2. The molecule has 0 heterocycles. The lowest BCUT2D eigenvalue weighted by atomic mass is 10.1. The molecule has 1 radical (unpaired) electrons. The zero-order chi connectivity index (χ0) is 7.11. The van der Waals surface area contributed by atoms with Gasteiger partial charge in [0.2, 0.25) is 0 Å². The normalized spacial score (nSPS) is 9.44. The van der Waals surface area contributed by atoms with Crippen LogP contribution in [-0.4, -0.2) is 5.84 Å². The Morgan fingerprint density at radius 1 is 1.56 bits per heavy atom. The Balaban J connectivity index is 2.83. The maximum absolute atomic E-state index is 6.85. The van der Waals surface area contributed by atoms with Crippen LogP contribution in [0.5, 0.6) is 0 Å². The average molecular weight is 127 g/mol. The van der Waals surface area contributed by atoms with E-state index in [0.29, 0.717) is 0 Å². The van der Waals surface area contributed by atoms with Crippen LogP contribution in [0.3, 0.4) is 0 Å². The van der Waals surface area contributed by atoms with Crippen molar-refractivity contribution >= 4 is 5.84 Å². The topological polar surface area (TPSA) is 49.9 Å². The number of nitrogens with two attached hydrogens (primary N) is 1. The second-order valence-corrected chi connectivity index (χ2v) is 2.16. The Morgan fingerprint density at radius 2 is 2.22 bits per heavy atom. The van der Waals surface area contributed by atoms with Crippen LogP contribution < -0.4 is 5.73 Å². The lowest BCUT2D eigenvalue weighted by Crippen LogP contribution is -2.09. The minimum atomic E-state index is 0.200. The minimum absolute atomic E-state index is 0.200. The van der Waals surface area contributed by atoms with Crippen LogP contribution in [0.25, 0.3) is 0 Å². The third-order valence-corrected chi connectivity index (χ3v) is 1.17. The molecule has 0 rings (SSSR count). The summed E-state index contributed by atoms with van der Waals surface area (Å²) >= 11 is 0. The number of unbranched alkanes of at least 4 members (excludes halogenated alkanes) is 3. The van der Waals surface area contributed by atoms with E-state index in [4.69, 9.17) is 11.1 Å². The van der Waals surface area contributed by atoms with Crippen molar-refractivity contribution in [2.24, 2.45) is 5.73 Å². The second-order valence-electron chi connectivity index (χ2n) is 2.16. The first kappa shape index (κ1) is 8.47. The molecule has 0 aromatic heterocycles. The summed E-state index contributed by atoms with van der Waals surface area (Å²) in [6.07, 6.45) is 6.35. The van der Waals surface area contributed by atoms with Crippen LogP contribution in [-0.2, 0) is 0 Å². The van der Waals surface area contributed by atoms with Crippen LogP contribution in [0.15, 0.2) is 0 Å². The van der Waals surface area contributed by atoms with Gasteiger partial charge in [0.1, 0.15) is 0 Å². The van der Waals surface area contributed by atoms with Gasteiger partial charge >= 0.3 is 0 Å². The van der Waals surface area contributed by atoms with Crippen molar-refractivity contribution < 1.29 is 0 Å². The van der Waals surface area contributed by atoms with Gasteiger partial charge in [-0.3, -0.25) is 5.41 Å². The van der Waals surface area contributed by atoms with Crippen LogP contribution in [0.2, 0.25) is 0 Å². The van der Waals surface area contributed by atoms with E-state index in [1.807, 2.05) is 0 Å². The lowest BCUT2D eigenvalue weighted by Gasteiger charge is -1.95. The SMILES string of the molecule is CCCCC[CH]C(=N)N. The predicted octanol–water partition coefficient (Wildman–Crippen LogP) is 1.71. The van der Waals surface area contributed by atoms with Crippen LogP contribution in [0, 0.1) is 11.8 Å². The summed E-state index contributed by atoms with van der Waals surface area (Å²) in [5, 5.41) is 6.85. The molecule has 9 heavy (non-hydrogen) atoms. The minimum Gasteiger partial charge on any atom is -0.387 e. The van der Waals surface area contributed by atoms with Gasteiger partial charge in [-0.05, 0) is 6.42 Å². The van der Waals surface area contributed by atoms with E-state index in [0.717, 1.165) is 12.8 Å². The molecule has 0 amide bonds. The fourth-order valence-electron chi connectivity index (χ4n) is 0.652. The zero-order valence-electron chi connectivity index (χ0n) is 5.98. The van der Waals surface area contributed by atoms with Crippen LogP contribution in [0.1, 0.15) is 32.6 Å². The molecule has 2 nitrogen and oxygen atoms in total. The van der Waals surface area contributed by atoms with Crippen LogP contribution in [0.4, 0.5) is 0 Å². The van der Waals surface area contributed by atoms with Gasteiger partial charge in [0, 0.05) is 6.42 Å². The highest BCUT2D eigenvalue weighted by atomic mass is 14.7. The number of amidine groups is 1. The van der Waals surface area contributed by atoms with Crippen LogP contribution >= 0.6 is 0 Å². The lowest BCUT2D eigenvalue weighted by molar-refractivity contribution is 0.719. The monoisotopic (exact) mass is 127 g/mol. The van der Waals surface area contributed by atoms with Gasteiger partial charge < -0.3 is 5.73 Å². The molecule has 0 aromatic rings.